The number of nitrogens with one attached hydrogen (secondary N) is 1. The first-order valence-electron chi connectivity index (χ1n) is 8.49. The smallest absolute Gasteiger partial charge is 0.270 e. The molecule has 0 saturated heterocycles. The Morgan fingerprint density at radius 1 is 1.36 bits per heavy atom. The lowest BCUT2D eigenvalue weighted by molar-refractivity contribution is -0.384. The molecule has 25 heavy (non-hydrogen) atoms. The summed E-state index contributed by atoms with van der Waals surface area (Å²) >= 11 is 0. The zero-order chi connectivity index (χ0) is 17.6. The second-order valence-corrected chi connectivity index (χ2v) is 6.95. The van der Waals surface area contributed by atoms with Crippen LogP contribution in [0.4, 0.5) is 11.4 Å². The third-order valence-corrected chi connectivity index (χ3v) is 4.71. The van der Waals surface area contributed by atoms with Crippen molar-refractivity contribution in [2.75, 3.05) is 18.9 Å². The fourth-order valence-electron chi connectivity index (χ4n) is 3.27. The van der Waals surface area contributed by atoms with E-state index in [1.807, 2.05) is 32.6 Å². The van der Waals surface area contributed by atoms with Crippen LogP contribution in [0.25, 0.3) is 5.57 Å². The number of hydrogen-bond donors (Lipinski definition) is 1. The van der Waals surface area contributed by atoms with Crippen LogP contribution in [-0.2, 0) is 13.6 Å². The minimum absolute atomic E-state index is 0.0959. The maximum atomic E-state index is 11.3. The predicted molar refractivity (Wildman–Crippen MR) is 96.1 cm³/mol. The number of benzene rings is 1. The molecule has 1 aromatic heterocycles. The van der Waals surface area contributed by atoms with Crippen LogP contribution < -0.4 is 5.32 Å². The van der Waals surface area contributed by atoms with Crippen LogP contribution in [0, 0.1) is 16.0 Å². The third-order valence-electron chi connectivity index (χ3n) is 4.71. The predicted octanol–water partition coefficient (Wildman–Crippen LogP) is 2.98. The highest BCUT2D eigenvalue weighted by Gasteiger charge is 2.25. The van der Waals surface area contributed by atoms with Crippen molar-refractivity contribution in [3.63, 3.8) is 0 Å². The first-order valence-corrected chi connectivity index (χ1v) is 8.49. The molecule has 7 nitrogen and oxygen atoms in total. The summed E-state index contributed by atoms with van der Waals surface area (Å²) in [6, 6.07) is 5.03. The van der Waals surface area contributed by atoms with Gasteiger partial charge in [-0.2, -0.15) is 5.10 Å². The Bertz CT molecular complexity index is 866. The van der Waals surface area contributed by atoms with Gasteiger partial charge in [0, 0.05) is 74.1 Å². The van der Waals surface area contributed by atoms with Gasteiger partial charge in [0.05, 0.1) is 10.6 Å². The maximum absolute atomic E-state index is 11.3. The van der Waals surface area contributed by atoms with Crippen molar-refractivity contribution in [1.29, 1.82) is 0 Å². The molecule has 1 saturated carbocycles. The number of nitro benzene ring substituents is 1. The highest BCUT2D eigenvalue weighted by atomic mass is 16.6. The van der Waals surface area contributed by atoms with E-state index in [0.717, 1.165) is 47.1 Å². The molecule has 2 aliphatic rings. The molecular weight excluding hydrogens is 318 g/mol. The van der Waals surface area contributed by atoms with Crippen LogP contribution in [0.3, 0.4) is 0 Å². The van der Waals surface area contributed by atoms with Crippen molar-refractivity contribution < 1.29 is 4.92 Å². The molecule has 1 fully saturated rings. The van der Waals surface area contributed by atoms with Gasteiger partial charge in [0.2, 0.25) is 0 Å². The standard InChI is InChI=1S/C18H21N5O2/c1-21-9-13-10-22(2)20-18(13)16(11-21)15-7-14(23(24)25)5-6-17(15)19-8-12-3-4-12/h5-7,10-12,19H,3-4,8-9H2,1-2H3. The van der Waals surface area contributed by atoms with Gasteiger partial charge in [-0.05, 0) is 24.8 Å². The van der Waals surface area contributed by atoms with Gasteiger partial charge in [0.25, 0.3) is 5.69 Å². The molecule has 0 bridgehead atoms. The lowest BCUT2D eigenvalue weighted by Crippen LogP contribution is -2.17. The molecule has 1 aromatic carbocycles. The molecule has 130 valence electrons. The van der Waals surface area contributed by atoms with E-state index in [-0.39, 0.29) is 10.6 Å². The number of nitrogens with zero attached hydrogens (tertiary/aromatic N) is 4. The van der Waals surface area contributed by atoms with Crippen LogP contribution in [0.1, 0.15) is 29.7 Å². The van der Waals surface area contributed by atoms with Crippen LogP contribution >= 0.6 is 0 Å². The number of anilines is 1. The van der Waals surface area contributed by atoms with Crippen LogP contribution in [0.2, 0.25) is 0 Å². The summed E-state index contributed by atoms with van der Waals surface area (Å²) in [4.78, 5) is 13.0. The summed E-state index contributed by atoms with van der Waals surface area (Å²) in [6.45, 7) is 1.69. The average Bonchev–Trinajstić information content (AvgIpc) is 3.32. The van der Waals surface area contributed by atoms with Crippen LogP contribution in [0.5, 0.6) is 0 Å². The number of hydrogen-bond acceptors (Lipinski definition) is 5. The summed E-state index contributed by atoms with van der Waals surface area (Å²) in [6.07, 6.45) is 6.54. The molecule has 1 N–H and O–H groups in total. The summed E-state index contributed by atoms with van der Waals surface area (Å²) in [7, 11) is 3.90. The lowest BCUT2D eigenvalue weighted by Gasteiger charge is -2.23. The van der Waals surface area contributed by atoms with Crippen molar-refractivity contribution >= 4 is 16.9 Å². The van der Waals surface area contributed by atoms with Crippen molar-refractivity contribution in [2.24, 2.45) is 13.0 Å². The van der Waals surface area contributed by atoms with E-state index >= 15 is 0 Å². The van der Waals surface area contributed by atoms with Gasteiger partial charge in [-0.15, -0.1) is 0 Å². The van der Waals surface area contributed by atoms with Gasteiger partial charge in [-0.25, -0.2) is 0 Å². The first kappa shape index (κ1) is 15.7. The molecule has 0 unspecified atom stereocenters. The Balaban J connectivity index is 1.80. The normalized spacial score (nSPS) is 16.4. The van der Waals surface area contributed by atoms with Gasteiger partial charge >= 0.3 is 0 Å². The molecule has 1 aliphatic carbocycles. The van der Waals surface area contributed by atoms with Crippen molar-refractivity contribution in [3.8, 4) is 0 Å². The fraction of sp³-hybridized carbons (Fsp3) is 0.389. The number of nitro groups is 1. The average molecular weight is 339 g/mol. The Labute approximate surface area is 146 Å². The van der Waals surface area contributed by atoms with E-state index in [0.29, 0.717) is 0 Å². The van der Waals surface area contributed by atoms with Crippen molar-refractivity contribution in [2.45, 2.75) is 19.4 Å². The molecule has 0 atom stereocenters. The number of fused-ring (bicyclic) bond motifs is 1. The lowest BCUT2D eigenvalue weighted by atomic mass is 9.96. The quantitative estimate of drug-likeness (QED) is 0.669. The number of aryl methyl sites for hydroxylation is 1. The van der Waals surface area contributed by atoms with Gasteiger partial charge in [0.15, 0.2) is 0 Å². The Kier molecular flexibility index (Phi) is 3.71. The second-order valence-electron chi connectivity index (χ2n) is 6.95. The molecule has 0 spiro atoms. The molecule has 0 radical (unpaired) electrons. The Hall–Kier alpha value is -2.83. The van der Waals surface area contributed by atoms with Gasteiger partial charge in [-0.3, -0.25) is 14.8 Å². The third kappa shape index (κ3) is 3.09. The zero-order valence-corrected chi connectivity index (χ0v) is 14.4. The van der Waals surface area contributed by atoms with Gasteiger partial charge < -0.3 is 10.2 Å². The van der Waals surface area contributed by atoms with Crippen molar-refractivity contribution in [1.82, 2.24) is 14.7 Å². The van der Waals surface area contributed by atoms with Crippen LogP contribution in [-0.4, -0.2) is 33.2 Å². The number of rotatable bonds is 5. The topological polar surface area (TPSA) is 76.2 Å². The second kappa shape index (κ2) is 5.91. The summed E-state index contributed by atoms with van der Waals surface area (Å²) in [5, 5.41) is 19.3. The molecule has 2 heterocycles. The molecule has 1 aliphatic heterocycles. The molecule has 7 heteroatoms. The van der Waals surface area contributed by atoms with E-state index < -0.39 is 0 Å². The summed E-state index contributed by atoms with van der Waals surface area (Å²) in [5.41, 5.74) is 4.81. The van der Waals surface area contributed by atoms with Gasteiger partial charge in [-0.1, -0.05) is 0 Å². The Morgan fingerprint density at radius 3 is 2.88 bits per heavy atom. The SMILES string of the molecule is CN1C=C(c2cc([N+](=O)[O-])ccc2NCC2CC2)c2nn(C)cc2C1. The molecule has 2 aromatic rings. The highest BCUT2D eigenvalue weighted by molar-refractivity contribution is 5.87. The van der Waals surface area contributed by atoms with E-state index in [1.54, 1.807) is 16.8 Å². The number of non-ortho nitro benzene ring substituents is 1. The number of aromatic nitrogens is 2. The van der Waals surface area contributed by atoms with Gasteiger partial charge in [0.1, 0.15) is 0 Å². The minimum Gasteiger partial charge on any atom is -0.384 e. The molecule has 4 rings (SSSR count). The van der Waals surface area contributed by atoms with E-state index in [4.69, 9.17) is 0 Å². The van der Waals surface area contributed by atoms with E-state index in [2.05, 4.69) is 15.3 Å². The van der Waals surface area contributed by atoms with Crippen LogP contribution in [0.15, 0.2) is 30.6 Å². The summed E-state index contributed by atoms with van der Waals surface area (Å²) in [5.74, 6) is 0.719. The zero-order valence-electron chi connectivity index (χ0n) is 14.4. The van der Waals surface area contributed by atoms with Crippen molar-refractivity contribution in [3.05, 3.63) is 57.5 Å². The Morgan fingerprint density at radius 2 is 2.16 bits per heavy atom. The maximum Gasteiger partial charge on any atom is 0.270 e. The molecule has 0 amide bonds. The first-order chi connectivity index (χ1) is 12.0. The van der Waals surface area contributed by atoms with E-state index in [9.17, 15) is 10.1 Å². The fourth-order valence-corrected chi connectivity index (χ4v) is 3.27. The largest absolute Gasteiger partial charge is 0.384 e. The molecular formula is C18H21N5O2. The monoisotopic (exact) mass is 339 g/mol. The highest BCUT2D eigenvalue weighted by Crippen LogP contribution is 2.37. The summed E-state index contributed by atoms with van der Waals surface area (Å²) < 4.78 is 1.80. The van der Waals surface area contributed by atoms with E-state index in [1.165, 1.54) is 12.8 Å². The minimum atomic E-state index is -0.347.